The summed E-state index contributed by atoms with van der Waals surface area (Å²) < 4.78 is 28.8. The molecule has 0 aliphatic heterocycles. The number of nitrogens with two attached hydrogens (primary N) is 1. The standard InChI is InChI=1S/C7H13NO5S/c8-5-1-3-7(4-2-5,6(9)10)14(11,12)13/h5H,1-4,8H2,(H,9,10)(H,11,12,13). The molecular formula is C7H13NO5S. The predicted octanol–water partition coefficient (Wildman–Crippen LogP) is -0.401. The lowest BCUT2D eigenvalue weighted by Gasteiger charge is -2.32. The van der Waals surface area contributed by atoms with Gasteiger partial charge in [-0.3, -0.25) is 9.35 Å². The summed E-state index contributed by atoms with van der Waals surface area (Å²) >= 11 is 0. The van der Waals surface area contributed by atoms with Gasteiger partial charge in [-0.1, -0.05) is 0 Å². The van der Waals surface area contributed by atoms with Gasteiger partial charge >= 0.3 is 5.97 Å². The third-order valence-electron chi connectivity index (χ3n) is 2.72. The van der Waals surface area contributed by atoms with Crippen molar-refractivity contribution in [3.63, 3.8) is 0 Å². The number of carboxylic acids is 1. The van der Waals surface area contributed by atoms with Crippen LogP contribution in [0, 0.1) is 0 Å². The van der Waals surface area contributed by atoms with E-state index in [9.17, 15) is 13.2 Å². The summed E-state index contributed by atoms with van der Waals surface area (Å²) in [6.45, 7) is 0. The predicted molar refractivity (Wildman–Crippen MR) is 48.4 cm³/mol. The van der Waals surface area contributed by atoms with Gasteiger partial charge in [0.1, 0.15) is 0 Å². The zero-order chi connectivity index (χ0) is 11.0. The molecule has 0 radical (unpaired) electrons. The van der Waals surface area contributed by atoms with Crippen molar-refractivity contribution in [1.82, 2.24) is 0 Å². The van der Waals surface area contributed by atoms with Crippen LogP contribution < -0.4 is 5.73 Å². The summed E-state index contributed by atoms with van der Waals surface area (Å²) in [6.07, 6.45) is 0.350. The summed E-state index contributed by atoms with van der Waals surface area (Å²) in [5, 5.41) is 8.83. The second-order valence-electron chi connectivity index (χ2n) is 3.61. The molecule has 82 valence electrons. The highest BCUT2D eigenvalue weighted by Gasteiger charge is 2.52. The van der Waals surface area contributed by atoms with Gasteiger partial charge < -0.3 is 10.8 Å². The zero-order valence-electron chi connectivity index (χ0n) is 7.51. The van der Waals surface area contributed by atoms with Crippen molar-refractivity contribution < 1.29 is 22.9 Å². The number of rotatable bonds is 2. The summed E-state index contributed by atoms with van der Waals surface area (Å²) in [7, 11) is -4.57. The molecule has 0 amide bonds. The van der Waals surface area contributed by atoms with E-state index >= 15 is 0 Å². The highest BCUT2D eigenvalue weighted by Crippen LogP contribution is 2.34. The van der Waals surface area contributed by atoms with Gasteiger partial charge in [-0.25, -0.2) is 0 Å². The molecule has 0 aromatic heterocycles. The largest absolute Gasteiger partial charge is 0.480 e. The summed E-state index contributed by atoms with van der Waals surface area (Å²) in [4.78, 5) is 10.8. The third kappa shape index (κ3) is 1.75. The van der Waals surface area contributed by atoms with Crippen molar-refractivity contribution in [2.45, 2.75) is 36.5 Å². The number of carbonyl (C=O) groups is 1. The molecule has 0 atom stereocenters. The molecule has 0 aromatic carbocycles. The molecule has 1 rings (SSSR count). The SMILES string of the molecule is NC1CCC(C(=O)O)(S(=O)(=O)O)CC1. The molecule has 14 heavy (non-hydrogen) atoms. The Morgan fingerprint density at radius 3 is 2.07 bits per heavy atom. The van der Waals surface area contributed by atoms with Crippen LogP contribution in [0.4, 0.5) is 0 Å². The monoisotopic (exact) mass is 223 g/mol. The lowest BCUT2D eigenvalue weighted by molar-refractivity contribution is -0.141. The molecule has 0 heterocycles. The van der Waals surface area contributed by atoms with E-state index in [1.807, 2.05) is 0 Å². The molecule has 4 N–H and O–H groups in total. The summed E-state index contributed by atoms with van der Waals surface area (Å²) in [6, 6.07) is -0.177. The van der Waals surface area contributed by atoms with E-state index in [4.69, 9.17) is 15.4 Å². The van der Waals surface area contributed by atoms with Crippen LogP contribution in [0.25, 0.3) is 0 Å². The molecule has 0 saturated heterocycles. The zero-order valence-corrected chi connectivity index (χ0v) is 8.33. The maximum Gasteiger partial charge on any atom is 0.327 e. The number of hydrogen-bond acceptors (Lipinski definition) is 4. The Labute approximate surface area is 81.8 Å². The summed E-state index contributed by atoms with van der Waals surface area (Å²) in [5.74, 6) is -1.49. The topological polar surface area (TPSA) is 118 Å². The summed E-state index contributed by atoms with van der Waals surface area (Å²) in [5.41, 5.74) is 5.53. The Kier molecular flexibility index (Phi) is 2.84. The number of hydrogen-bond donors (Lipinski definition) is 3. The number of aliphatic carboxylic acids is 1. The molecule has 6 nitrogen and oxygen atoms in total. The van der Waals surface area contributed by atoms with Crippen molar-refractivity contribution in [3.8, 4) is 0 Å². The van der Waals surface area contributed by atoms with Crippen LogP contribution in [0.2, 0.25) is 0 Å². The number of carboxylic acid groups (broad SMARTS) is 1. The van der Waals surface area contributed by atoms with Gasteiger partial charge in [0.2, 0.25) is 0 Å². The molecule has 0 spiro atoms. The molecule has 0 unspecified atom stereocenters. The van der Waals surface area contributed by atoms with E-state index in [1.165, 1.54) is 0 Å². The second-order valence-corrected chi connectivity index (χ2v) is 5.34. The average molecular weight is 223 g/mol. The van der Waals surface area contributed by atoms with Crippen LogP contribution in [-0.4, -0.2) is 34.8 Å². The van der Waals surface area contributed by atoms with E-state index in [0.29, 0.717) is 12.8 Å². The first-order valence-corrected chi connectivity index (χ1v) is 5.69. The van der Waals surface area contributed by atoms with Crippen molar-refractivity contribution in [2.75, 3.05) is 0 Å². The van der Waals surface area contributed by atoms with Crippen molar-refractivity contribution in [2.24, 2.45) is 5.73 Å². The van der Waals surface area contributed by atoms with Gasteiger partial charge in [-0.05, 0) is 25.7 Å². The Hall–Kier alpha value is -0.660. The van der Waals surface area contributed by atoms with Crippen LogP contribution in [-0.2, 0) is 14.9 Å². The van der Waals surface area contributed by atoms with Crippen molar-refractivity contribution in [3.05, 3.63) is 0 Å². The van der Waals surface area contributed by atoms with Crippen LogP contribution in [0.5, 0.6) is 0 Å². The maximum atomic E-state index is 11.0. The molecule has 0 bridgehead atoms. The fourth-order valence-corrected chi connectivity index (χ4v) is 2.66. The highest BCUT2D eigenvalue weighted by molar-refractivity contribution is 7.88. The second kappa shape index (κ2) is 3.48. The van der Waals surface area contributed by atoms with Crippen LogP contribution in [0.1, 0.15) is 25.7 Å². The van der Waals surface area contributed by atoms with Crippen molar-refractivity contribution >= 4 is 16.1 Å². The maximum absolute atomic E-state index is 11.0. The molecule has 1 fully saturated rings. The van der Waals surface area contributed by atoms with Gasteiger partial charge in [0.25, 0.3) is 10.1 Å². The lowest BCUT2D eigenvalue weighted by atomic mass is 9.86. The average Bonchev–Trinajstić information content (AvgIpc) is 2.02. The molecule has 1 aliphatic rings. The van der Waals surface area contributed by atoms with Gasteiger partial charge in [-0.2, -0.15) is 8.42 Å². The van der Waals surface area contributed by atoms with Gasteiger partial charge in [0.15, 0.2) is 4.75 Å². The van der Waals surface area contributed by atoms with E-state index < -0.39 is 20.8 Å². The first kappa shape index (κ1) is 11.4. The molecule has 0 aromatic rings. The van der Waals surface area contributed by atoms with E-state index in [0.717, 1.165) is 0 Å². The Morgan fingerprint density at radius 2 is 1.79 bits per heavy atom. The van der Waals surface area contributed by atoms with E-state index in [2.05, 4.69) is 0 Å². The normalized spacial score (nSPS) is 34.0. The quantitative estimate of drug-likeness (QED) is 0.548. The fraction of sp³-hybridized carbons (Fsp3) is 0.857. The minimum Gasteiger partial charge on any atom is -0.480 e. The Bertz CT molecular complexity index is 328. The first-order chi connectivity index (χ1) is 6.29. The van der Waals surface area contributed by atoms with Gasteiger partial charge in [-0.15, -0.1) is 0 Å². The minimum absolute atomic E-state index is 0.123. The van der Waals surface area contributed by atoms with E-state index in [1.54, 1.807) is 0 Å². The third-order valence-corrected chi connectivity index (χ3v) is 4.29. The fourth-order valence-electron chi connectivity index (χ4n) is 1.69. The molecule has 7 heteroatoms. The molecular weight excluding hydrogens is 210 g/mol. The first-order valence-electron chi connectivity index (χ1n) is 4.25. The van der Waals surface area contributed by atoms with Crippen LogP contribution in [0.3, 0.4) is 0 Å². The van der Waals surface area contributed by atoms with E-state index in [-0.39, 0.29) is 18.9 Å². The molecule has 1 saturated carbocycles. The van der Waals surface area contributed by atoms with Gasteiger partial charge in [0.05, 0.1) is 0 Å². The lowest BCUT2D eigenvalue weighted by Crippen LogP contribution is -2.50. The van der Waals surface area contributed by atoms with Crippen LogP contribution >= 0.6 is 0 Å². The van der Waals surface area contributed by atoms with Gasteiger partial charge in [0, 0.05) is 6.04 Å². The Balaban J connectivity index is 3.03. The molecule has 1 aliphatic carbocycles. The smallest absolute Gasteiger partial charge is 0.327 e. The highest BCUT2D eigenvalue weighted by atomic mass is 32.2. The Morgan fingerprint density at radius 1 is 1.36 bits per heavy atom. The van der Waals surface area contributed by atoms with Crippen LogP contribution in [0.15, 0.2) is 0 Å². The van der Waals surface area contributed by atoms with Crippen molar-refractivity contribution in [1.29, 1.82) is 0 Å². The minimum atomic E-state index is -4.57.